The fourth-order valence-electron chi connectivity index (χ4n) is 4.12. The second-order valence-corrected chi connectivity index (χ2v) is 7.88. The standard InChI is InChI=1S/C21H28N6O4/c1-23-18-17(19(30)24(2)21(23)31)27(14-16(29)15-6-4-3-5-7-15)20(22-18)26-10-8-25(9-11-26)12-13-28/h3-7,16,28-29H,8-14H2,1-2H3/t16-/m1/s1. The van der Waals surface area contributed by atoms with Crippen LogP contribution in [0.3, 0.4) is 0 Å². The number of hydrogen-bond donors (Lipinski definition) is 2. The molecule has 10 heteroatoms. The number of imidazole rings is 1. The number of fused-ring (bicyclic) bond motifs is 1. The van der Waals surface area contributed by atoms with Gasteiger partial charge in [0, 0.05) is 46.8 Å². The maximum absolute atomic E-state index is 13.0. The molecule has 1 aromatic carbocycles. The van der Waals surface area contributed by atoms with Crippen molar-refractivity contribution < 1.29 is 10.2 Å². The Labute approximate surface area is 179 Å². The van der Waals surface area contributed by atoms with Gasteiger partial charge in [-0.3, -0.25) is 18.8 Å². The molecular formula is C21H28N6O4. The molecule has 0 aliphatic carbocycles. The van der Waals surface area contributed by atoms with Crippen LogP contribution in [0.2, 0.25) is 0 Å². The fraction of sp³-hybridized carbons (Fsp3) is 0.476. The molecule has 166 valence electrons. The number of benzene rings is 1. The number of aliphatic hydroxyl groups excluding tert-OH is 2. The Morgan fingerprint density at radius 1 is 1.03 bits per heavy atom. The number of aromatic nitrogens is 4. The van der Waals surface area contributed by atoms with Crippen molar-refractivity contribution in [2.75, 3.05) is 44.2 Å². The molecule has 1 aliphatic rings. The number of β-amino-alcohol motifs (C(OH)–C–C–N with tert-alkyl or cyclic N) is 1. The molecule has 3 heterocycles. The van der Waals surface area contributed by atoms with Gasteiger partial charge in [-0.1, -0.05) is 30.3 Å². The molecule has 0 spiro atoms. The summed E-state index contributed by atoms with van der Waals surface area (Å²) in [5.74, 6) is 0.562. The third kappa shape index (κ3) is 3.89. The average Bonchev–Trinajstić information content (AvgIpc) is 3.17. The fourth-order valence-corrected chi connectivity index (χ4v) is 4.12. The van der Waals surface area contributed by atoms with Crippen LogP contribution < -0.4 is 16.1 Å². The molecule has 0 amide bonds. The zero-order valence-electron chi connectivity index (χ0n) is 17.8. The second kappa shape index (κ2) is 8.66. The van der Waals surface area contributed by atoms with E-state index in [4.69, 9.17) is 0 Å². The Balaban J connectivity index is 1.80. The minimum atomic E-state index is -0.838. The molecule has 1 atom stereocenters. The first-order valence-corrected chi connectivity index (χ1v) is 10.4. The molecular weight excluding hydrogens is 400 g/mol. The van der Waals surface area contributed by atoms with Crippen LogP contribution in [-0.2, 0) is 20.6 Å². The first-order chi connectivity index (χ1) is 14.9. The Morgan fingerprint density at radius 2 is 1.71 bits per heavy atom. The minimum Gasteiger partial charge on any atom is -0.395 e. The van der Waals surface area contributed by atoms with Gasteiger partial charge < -0.3 is 19.7 Å². The average molecular weight is 428 g/mol. The van der Waals surface area contributed by atoms with Crippen molar-refractivity contribution in [3.8, 4) is 0 Å². The van der Waals surface area contributed by atoms with Gasteiger partial charge in [-0.25, -0.2) is 4.79 Å². The lowest BCUT2D eigenvalue weighted by Gasteiger charge is -2.35. The van der Waals surface area contributed by atoms with Gasteiger partial charge in [0.25, 0.3) is 5.56 Å². The number of aryl methyl sites for hydroxylation is 1. The zero-order valence-corrected chi connectivity index (χ0v) is 17.8. The number of aliphatic hydroxyl groups is 2. The maximum atomic E-state index is 13.0. The lowest BCUT2D eigenvalue weighted by Crippen LogP contribution is -2.48. The smallest absolute Gasteiger partial charge is 0.332 e. The number of piperazine rings is 1. The van der Waals surface area contributed by atoms with Crippen LogP contribution in [0, 0.1) is 0 Å². The van der Waals surface area contributed by atoms with Crippen molar-refractivity contribution in [3.05, 3.63) is 56.7 Å². The van der Waals surface area contributed by atoms with E-state index in [0.717, 1.165) is 23.2 Å². The molecule has 0 bridgehead atoms. The van der Waals surface area contributed by atoms with Crippen LogP contribution in [0.1, 0.15) is 11.7 Å². The molecule has 1 saturated heterocycles. The number of nitrogens with zero attached hydrogens (tertiary/aromatic N) is 6. The molecule has 3 aromatic rings. The molecule has 1 aliphatic heterocycles. The molecule has 1 fully saturated rings. The van der Waals surface area contributed by atoms with Crippen LogP contribution in [-0.4, -0.2) is 73.1 Å². The monoisotopic (exact) mass is 428 g/mol. The number of anilines is 1. The van der Waals surface area contributed by atoms with E-state index >= 15 is 0 Å². The van der Waals surface area contributed by atoms with Gasteiger partial charge in [-0.15, -0.1) is 0 Å². The summed E-state index contributed by atoms with van der Waals surface area (Å²) in [6.07, 6.45) is -0.838. The molecule has 0 saturated carbocycles. The van der Waals surface area contributed by atoms with Crippen molar-refractivity contribution in [2.24, 2.45) is 14.1 Å². The summed E-state index contributed by atoms with van der Waals surface area (Å²) in [6, 6.07) is 9.27. The summed E-state index contributed by atoms with van der Waals surface area (Å²) in [7, 11) is 3.04. The van der Waals surface area contributed by atoms with E-state index in [2.05, 4.69) is 14.8 Å². The Kier molecular flexibility index (Phi) is 5.94. The van der Waals surface area contributed by atoms with Crippen LogP contribution in [0.5, 0.6) is 0 Å². The van der Waals surface area contributed by atoms with Crippen molar-refractivity contribution in [3.63, 3.8) is 0 Å². The summed E-state index contributed by atoms with van der Waals surface area (Å²) in [4.78, 5) is 34.4. The van der Waals surface area contributed by atoms with Gasteiger partial charge in [0.15, 0.2) is 11.2 Å². The maximum Gasteiger partial charge on any atom is 0.332 e. The molecule has 4 rings (SSSR count). The molecule has 2 aromatic heterocycles. The molecule has 0 unspecified atom stereocenters. The predicted octanol–water partition coefficient (Wildman–Crippen LogP) is -0.718. The highest BCUT2D eigenvalue weighted by molar-refractivity contribution is 5.74. The van der Waals surface area contributed by atoms with Gasteiger partial charge >= 0.3 is 5.69 Å². The third-order valence-corrected chi connectivity index (χ3v) is 5.94. The summed E-state index contributed by atoms with van der Waals surface area (Å²) in [5.41, 5.74) is 0.472. The van der Waals surface area contributed by atoms with E-state index < -0.39 is 17.4 Å². The largest absolute Gasteiger partial charge is 0.395 e. The molecule has 10 nitrogen and oxygen atoms in total. The predicted molar refractivity (Wildman–Crippen MR) is 117 cm³/mol. The van der Waals surface area contributed by atoms with Crippen LogP contribution in [0.4, 0.5) is 5.95 Å². The lowest BCUT2D eigenvalue weighted by molar-refractivity contribution is 0.157. The van der Waals surface area contributed by atoms with Crippen LogP contribution in [0.25, 0.3) is 11.2 Å². The van der Waals surface area contributed by atoms with Crippen LogP contribution >= 0.6 is 0 Å². The Bertz CT molecular complexity index is 1170. The van der Waals surface area contributed by atoms with Gasteiger partial charge in [-0.2, -0.15) is 4.98 Å². The van der Waals surface area contributed by atoms with Gasteiger partial charge in [0.2, 0.25) is 5.95 Å². The topological polar surface area (TPSA) is 109 Å². The van der Waals surface area contributed by atoms with Crippen molar-refractivity contribution >= 4 is 17.1 Å². The highest BCUT2D eigenvalue weighted by Crippen LogP contribution is 2.25. The van der Waals surface area contributed by atoms with Crippen molar-refractivity contribution in [1.29, 1.82) is 0 Å². The second-order valence-electron chi connectivity index (χ2n) is 7.88. The number of rotatable bonds is 6. The van der Waals surface area contributed by atoms with Crippen molar-refractivity contribution in [1.82, 2.24) is 23.6 Å². The van der Waals surface area contributed by atoms with E-state index in [1.54, 1.807) is 11.6 Å². The zero-order chi connectivity index (χ0) is 22.1. The van der Waals surface area contributed by atoms with Crippen LogP contribution in [0.15, 0.2) is 39.9 Å². The summed E-state index contributed by atoms with van der Waals surface area (Å²) >= 11 is 0. The van der Waals surface area contributed by atoms with Gasteiger partial charge in [0.05, 0.1) is 19.3 Å². The minimum absolute atomic E-state index is 0.111. The van der Waals surface area contributed by atoms with Crippen molar-refractivity contribution in [2.45, 2.75) is 12.6 Å². The highest BCUT2D eigenvalue weighted by Gasteiger charge is 2.26. The Hall–Kier alpha value is -2.95. The van der Waals surface area contributed by atoms with Gasteiger partial charge in [-0.05, 0) is 5.56 Å². The summed E-state index contributed by atoms with van der Waals surface area (Å²) in [5, 5.41) is 20.1. The van der Waals surface area contributed by atoms with E-state index in [-0.39, 0.29) is 13.2 Å². The first-order valence-electron chi connectivity index (χ1n) is 10.4. The number of hydrogen-bond acceptors (Lipinski definition) is 7. The normalized spacial score (nSPS) is 16.2. The quantitative estimate of drug-likeness (QED) is 0.533. The van der Waals surface area contributed by atoms with E-state index in [0.29, 0.717) is 36.7 Å². The molecule has 31 heavy (non-hydrogen) atoms. The summed E-state index contributed by atoms with van der Waals surface area (Å²) in [6.45, 7) is 3.70. The third-order valence-electron chi connectivity index (χ3n) is 5.94. The summed E-state index contributed by atoms with van der Waals surface area (Å²) < 4.78 is 4.17. The lowest BCUT2D eigenvalue weighted by atomic mass is 10.1. The van der Waals surface area contributed by atoms with E-state index in [9.17, 15) is 19.8 Å². The SMILES string of the molecule is Cn1c(=O)c2c(nc(N3CCN(CCO)CC3)n2C[C@@H](O)c2ccccc2)n(C)c1=O. The molecule has 2 N–H and O–H groups in total. The van der Waals surface area contributed by atoms with E-state index in [1.807, 2.05) is 30.3 Å². The Morgan fingerprint density at radius 3 is 2.35 bits per heavy atom. The van der Waals surface area contributed by atoms with E-state index in [1.165, 1.54) is 11.6 Å². The van der Waals surface area contributed by atoms with Gasteiger partial charge in [0.1, 0.15) is 0 Å². The highest BCUT2D eigenvalue weighted by atomic mass is 16.3. The molecule has 0 radical (unpaired) electrons. The first kappa shape index (κ1) is 21.3.